The summed E-state index contributed by atoms with van der Waals surface area (Å²) < 4.78 is 26.4. The molecule has 1 saturated carbocycles. The van der Waals surface area contributed by atoms with E-state index in [9.17, 15) is 8.78 Å². The van der Waals surface area contributed by atoms with Gasteiger partial charge in [0.2, 0.25) is 5.92 Å². The predicted octanol–water partition coefficient (Wildman–Crippen LogP) is 4.30. The van der Waals surface area contributed by atoms with Gasteiger partial charge in [-0.15, -0.1) is 0 Å². The second kappa shape index (κ2) is 6.19. The van der Waals surface area contributed by atoms with Gasteiger partial charge in [-0.05, 0) is 49.9 Å². The van der Waals surface area contributed by atoms with E-state index < -0.39 is 5.92 Å². The zero-order chi connectivity index (χ0) is 13.9. The van der Waals surface area contributed by atoms with Crippen molar-refractivity contribution in [2.24, 2.45) is 5.92 Å². The first-order valence-electron chi connectivity index (χ1n) is 6.80. The molecule has 19 heavy (non-hydrogen) atoms. The number of alkyl halides is 2. The lowest BCUT2D eigenvalue weighted by atomic mass is 9.80. The number of halogens is 3. The molecule has 0 amide bonds. The Labute approximate surface area is 118 Å². The third kappa shape index (κ3) is 4.15. The van der Waals surface area contributed by atoms with Crippen LogP contribution in [0.4, 0.5) is 8.78 Å². The Morgan fingerprint density at radius 2 is 2.05 bits per heavy atom. The van der Waals surface area contributed by atoms with Crippen molar-refractivity contribution < 1.29 is 8.78 Å². The molecule has 1 aliphatic carbocycles. The van der Waals surface area contributed by atoms with Gasteiger partial charge in [-0.2, -0.15) is 0 Å². The van der Waals surface area contributed by atoms with E-state index in [4.69, 9.17) is 11.6 Å². The summed E-state index contributed by atoms with van der Waals surface area (Å²) in [7, 11) is 1.90. The summed E-state index contributed by atoms with van der Waals surface area (Å²) in [6.45, 7) is 0. The molecule has 0 aromatic heterocycles. The maximum atomic E-state index is 13.2. The second-order valence-corrected chi connectivity index (χ2v) is 5.86. The largest absolute Gasteiger partial charge is 0.316 e. The van der Waals surface area contributed by atoms with Crippen LogP contribution in [-0.4, -0.2) is 19.0 Å². The molecule has 2 rings (SSSR count). The fourth-order valence-corrected chi connectivity index (χ4v) is 3.10. The van der Waals surface area contributed by atoms with E-state index in [0.717, 1.165) is 17.0 Å². The van der Waals surface area contributed by atoms with Gasteiger partial charge in [0.05, 0.1) is 0 Å². The van der Waals surface area contributed by atoms with Gasteiger partial charge in [-0.3, -0.25) is 0 Å². The van der Waals surface area contributed by atoms with Crippen molar-refractivity contribution in [2.75, 3.05) is 7.05 Å². The third-order valence-electron chi connectivity index (χ3n) is 4.05. The lowest BCUT2D eigenvalue weighted by Crippen LogP contribution is -2.39. The molecule has 1 nitrogen and oxygen atoms in total. The maximum Gasteiger partial charge on any atom is 0.248 e. The minimum absolute atomic E-state index is 0.0192. The van der Waals surface area contributed by atoms with Gasteiger partial charge in [0, 0.05) is 23.9 Å². The molecular weight excluding hydrogens is 268 g/mol. The quantitative estimate of drug-likeness (QED) is 0.871. The maximum absolute atomic E-state index is 13.2. The molecule has 0 bridgehead atoms. The molecule has 106 valence electrons. The first-order valence-corrected chi connectivity index (χ1v) is 7.17. The molecule has 0 spiro atoms. The molecule has 0 aliphatic heterocycles. The summed E-state index contributed by atoms with van der Waals surface area (Å²) in [5, 5.41) is 4.00. The van der Waals surface area contributed by atoms with Crippen LogP contribution in [0.5, 0.6) is 0 Å². The van der Waals surface area contributed by atoms with E-state index in [1.165, 1.54) is 0 Å². The van der Waals surface area contributed by atoms with Crippen molar-refractivity contribution in [3.05, 3.63) is 34.9 Å². The van der Waals surface area contributed by atoms with Gasteiger partial charge in [-0.25, -0.2) is 8.78 Å². The normalized spacial score (nSPS) is 21.3. The second-order valence-electron chi connectivity index (χ2n) is 5.42. The SMILES string of the molecule is CNC(Cc1cccc(Cl)c1)C1CCC(F)(F)CC1. The van der Waals surface area contributed by atoms with Gasteiger partial charge in [0.1, 0.15) is 0 Å². The number of hydrogen-bond acceptors (Lipinski definition) is 1. The van der Waals surface area contributed by atoms with E-state index in [2.05, 4.69) is 5.32 Å². The first kappa shape index (κ1) is 14.7. The van der Waals surface area contributed by atoms with Crippen molar-refractivity contribution in [1.82, 2.24) is 5.32 Å². The average molecular weight is 288 g/mol. The highest BCUT2D eigenvalue weighted by Gasteiger charge is 2.37. The van der Waals surface area contributed by atoms with Crippen LogP contribution in [0.1, 0.15) is 31.2 Å². The van der Waals surface area contributed by atoms with Crippen LogP contribution in [0.2, 0.25) is 5.02 Å². The zero-order valence-corrected chi connectivity index (χ0v) is 11.9. The summed E-state index contributed by atoms with van der Waals surface area (Å²) in [6, 6.07) is 8.01. The number of rotatable bonds is 4. The summed E-state index contributed by atoms with van der Waals surface area (Å²) in [5.41, 5.74) is 1.16. The van der Waals surface area contributed by atoms with Crippen molar-refractivity contribution >= 4 is 11.6 Å². The minimum atomic E-state index is -2.45. The van der Waals surface area contributed by atoms with Crippen molar-refractivity contribution in [1.29, 1.82) is 0 Å². The standard InChI is InChI=1S/C15H20ClF2N/c1-19-14(10-11-3-2-4-13(16)9-11)12-5-7-15(17,18)8-6-12/h2-4,9,12,14,19H,5-8,10H2,1H3. The Morgan fingerprint density at radius 1 is 1.37 bits per heavy atom. The molecule has 1 atom stereocenters. The molecule has 1 fully saturated rings. The summed E-state index contributed by atoms with van der Waals surface area (Å²) in [6.07, 6.45) is 2.07. The van der Waals surface area contributed by atoms with Gasteiger partial charge < -0.3 is 5.32 Å². The highest BCUT2D eigenvalue weighted by atomic mass is 35.5. The van der Waals surface area contributed by atoms with Gasteiger partial charge in [0.25, 0.3) is 0 Å². The Kier molecular flexibility index (Phi) is 4.80. The zero-order valence-electron chi connectivity index (χ0n) is 11.1. The topological polar surface area (TPSA) is 12.0 Å². The first-order chi connectivity index (χ1) is 9.00. The van der Waals surface area contributed by atoms with E-state index >= 15 is 0 Å². The fourth-order valence-electron chi connectivity index (χ4n) is 2.89. The molecule has 1 aliphatic rings. The number of nitrogens with one attached hydrogen (secondary N) is 1. The Morgan fingerprint density at radius 3 is 2.63 bits per heavy atom. The van der Waals surface area contributed by atoms with Crippen LogP contribution in [0.3, 0.4) is 0 Å². The lowest BCUT2D eigenvalue weighted by Gasteiger charge is -2.33. The Hall–Kier alpha value is -0.670. The highest BCUT2D eigenvalue weighted by Crippen LogP contribution is 2.38. The predicted molar refractivity (Wildman–Crippen MR) is 74.9 cm³/mol. The van der Waals surface area contributed by atoms with E-state index in [-0.39, 0.29) is 18.9 Å². The molecule has 0 saturated heterocycles. The number of benzene rings is 1. The molecule has 0 radical (unpaired) electrons. The number of likely N-dealkylation sites (N-methyl/N-ethyl adjacent to an activating group) is 1. The van der Waals surface area contributed by atoms with Crippen molar-refractivity contribution in [2.45, 2.75) is 44.1 Å². The number of hydrogen-bond donors (Lipinski definition) is 1. The van der Waals surface area contributed by atoms with Gasteiger partial charge in [0.15, 0.2) is 0 Å². The van der Waals surface area contributed by atoms with E-state index in [0.29, 0.717) is 18.8 Å². The van der Waals surface area contributed by atoms with Crippen LogP contribution in [-0.2, 0) is 6.42 Å². The van der Waals surface area contributed by atoms with Crippen molar-refractivity contribution in [3.8, 4) is 0 Å². The summed E-state index contributed by atoms with van der Waals surface area (Å²) in [5.74, 6) is -2.13. The highest BCUT2D eigenvalue weighted by molar-refractivity contribution is 6.30. The summed E-state index contributed by atoms with van der Waals surface area (Å²) in [4.78, 5) is 0. The third-order valence-corrected chi connectivity index (χ3v) is 4.28. The average Bonchev–Trinajstić information content (AvgIpc) is 2.36. The monoisotopic (exact) mass is 287 g/mol. The molecule has 0 heterocycles. The molecule has 4 heteroatoms. The summed E-state index contributed by atoms with van der Waals surface area (Å²) >= 11 is 5.98. The molecule has 1 aromatic rings. The van der Waals surface area contributed by atoms with Gasteiger partial charge >= 0.3 is 0 Å². The molecule has 1 N–H and O–H groups in total. The van der Waals surface area contributed by atoms with E-state index in [1.807, 2.05) is 31.3 Å². The van der Waals surface area contributed by atoms with Gasteiger partial charge in [-0.1, -0.05) is 23.7 Å². The van der Waals surface area contributed by atoms with Crippen LogP contribution < -0.4 is 5.32 Å². The Bertz CT molecular complexity index is 412. The van der Waals surface area contributed by atoms with E-state index in [1.54, 1.807) is 0 Å². The van der Waals surface area contributed by atoms with Crippen LogP contribution in [0.25, 0.3) is 0 Å². The fraction of sp³-hybridized carbons (Fsp3) is 0.600. The molecule has 1 aromatic carbocycles. The minimum Gasteiger partial charge on any atom is -0.316 e. The van der Waals surface area contributed by atoms with Crippen LogP contribution in [0, 0.1) is 5.92 Å². The smallest absolute Gasteiger partial charge is 0.248 e. The lowest BCUT2D eigenvalue weighted by molar-refractivity contribution is -0.0492. The van der Waals surface area contributed by atoms with Crippen molar-refractivity contribution in [3.63, 3.8) is 0 Å². The van der Waals surface area contributed by atoms with Crippen LogP contribution in [0.15, 0.2) is 24.3 Å². The Balaban J connectivity index is 1.97. The molecule has 1 unspecified atom stereocenters. The van der Waals surface area contributed by atoms with Crippen LogP contribution >= 0.6 is 11.6 Å². The molecular formula is C15H20ClF2N.